The van der Waals surface area contributed by atoms with Gasteiger partial charge in [-0.1, -0.05) is 23.4 Å². The molecule has 1 heterocycles. The third-order valence-electron chi connectivity index (χ3n) is 3.87. The Kier molecular flexibility index (Phi) is 5.55. The van der Waals surface area contributed by atoms with Gasteiger partial charge in [0.05, 0.1) is 33.4 Å². The Morgan fingerprint density at radius 2 is 1.59 bits per heavy atom. The maximum atomic E-state index is 12.6. The first-order chi connectivity index (χ1) is 13.2. The Bertz CT molecular complexity index is 916. The van der Waals surface area contributed by atoms with Crippen LogP contribution in [0.15, 0.2) is 47.0 Å². The van der Waals surface area contributed by atoms with E-state index in [9.17, 15) is 4.79 Å². The number of para-hydroxylation sites is 1. The quantitative estimate of drug-likeness (QED) is 0.684. The van der Waals surface area contributed by atoms with Crippen molar-refractivity contribution in [2.75, 3.05) is 21.3 Å². The van der Waals surface area contributed by atoms with Crippen molar-refractivity contribution in [2.24, 2.45) is 0 Å². The number of hydrogen-bond donors (Lipinski definition) is 1. The van der Waals surface area contributed by atoms with Crippen LogP contribution in [0.1, 0.15) is 16.2 Å². The Morgan fingerprint density at radius 1 is 0.963 bits per heavy atom. The smallest absolute Gasteiger partial charge is 0.259 e. The van der Waals surface area contributed by atoms with Crippen LogP contribution in [-0.2, 0) is 6.54 Å². The highest BCUT2D eigenvalue weighted by Crippen LogP contribution is 2.29. The van der Waals surface area contributed by atoms with Gasteiger partial charge in [-0.15, -0.1) is 0 Å². The van der Waals surface area contributed by atoms with Crippen molar-refractivity contribution in [1.82, 2.24) is 15.5 Å². The molecule has 0 radical (unpaired) electrons. The molecule has 1 amide bonds. The average Bonchev–Trinajstić information content (AvgIpc) is 3.20. The number of ether oxygens (including phenoxy) is 3. The first-order valence-corrected chi connectivity index (χ1v) is 8.13. The Morgan fingerprint density at radius 3 is 2.26 bits per heavy atom. The first-order valence-electron chi connectivity index (χ1n) is 8.13. The molecular formula is C19H19N3O5. The molecule has 140 valence electrons. The summed E-state index contributed by atoms with van der Waals surface area (Å²) in [6.07, 6.45) is 0. The van der Waals surface area contributed by atoms with E-state index in [-0.39, 0.29) is 18.3 Å². The minimum Gasteiger partial charge on any atom is -0.496 e. The third-order valence-corrected chi connectivity index (χ3v) is 3.87. The zero-order chi connectivity index (χ0) is 19.2. The van der Waals surface area contributed by atoms with Crippen molar-refractivity contribution in [3.05, 3.63) is 53.9 Å². The minimum atomic E-state index is -0.374. The second-order valence-corrected chi connectivity index (χ2v) is 5.43. The van der Waals surface area contributed by atoms with Crippen LogP contribution < -0.4 is 19.5 Å². The third kappa shape index (κ3) is 3.84. The van der Waals surface area contributed by atoms with Gasteiger partial charge in [0.25, 0.3) is 5.91 Å². The van der Waals surface area contributed by atoms with Gasteiger partial charge in [0.2, 0.25) is 11.7 Å². The number of carbonyl (C=O) groups is 1. The predicted molar refractivity (Wildman–Crippen MR) is 97.0 cm³/mol. The molecule has 0 fully saturated rings. The van der Waals surface area contributed by atoms with Crippen LogP contribution in [-0.4, -0.2) is 37.4 Å². The van der Waals surface area contributed by atoms with Crippen LogP contribution in [0, 0.1) is 0 Å². The Hall–Kier alpha value is -3.55. The summed E-state index contributed by atoms with van der Waals surface area (Å²) in [6.45, 7) is 0.0577. The van der Waals surface area contributed by atoms with Crippen LogP contribution in [0.2, 0.25) is 0 Å². The topological polar surface area (TPSA) is 95.7 Å². The molecule has 8 heteroatoms. The maximum Gasteiger partial charge on any atom is 0.259 e. The summed E-state index contributed by atoms with van der Waals surface area (Å²) in [6, 6.07) is 12.4. The highest BCUT2D eigenvalue weighted by atomic mass is 16.5. The highest BCUT2D eigenvalue weighted by molar-refractivity contribution is 5.99. The molecule has 0 aliphatic carbocycles. The molecule has 27 heavy (non-hydrogen) atoms. The Balaban J connectivity index is 1.75. The number of carbonyl (C=O) groups excluding carboxylic acids is 1. The molecule has 0 saturated heterocycles. The fraction of sp³-hybridized carbons (Fsp3) is 0.211. The van der Waals surface area contributed by atoms with Gasteiger partial charge >= 0.3 is 0 Å². The molecule has 0 aliphatic heterocycles. The molecule has 3 rings (SSSR count). The summed E-state index contributed by atoms with van der Waals surface area (Å²) in [5, 5.41) is 6.68. The van der Waals surface area contributed by atoms with E-state index < -0.39 is 0 Å². The molecule has 0 bridgehead atoms. The lowest BCUT2D eigenvalue weighted by atomic mass is 10.1. The number of rotatable bonds is 7. The number of nitrogens with zero attached hydrogens (tertiary/aromatic N) is 2. The van der Waals surface area contributed by atoms with Gasteiger partial charge in [-0.05, 0) is 24.3 Å². The maximum absolute atomic E-state index is 12.6. The predicted octanol–water partition coefficient (Wildman–Crippen LogP) is 2.69. The molecule has 8 nitrogen and oxygen atoms in total. The van der Waals surface area contributed by atoms with Crippen molar-refractivity contribution in [3.63, 3.8) is 0 Å². The summed E-state index contributed by atoms with van der Waals surface area (Å²) >= 11 is 0. The van der Waals surface area contributed by atoms with Gasteiger partial charge < -0.3 is 24.1 Å². The van der Waals surface area contributed by atoms with Crippen molar-refractivity contribution in [3.8, 4) is 28.6 Å². The average molecular weight is 369 g/mol. The number of benzene rings is 2. The van der Waals surface area contributed by atoms with Crippen LogP contribution in [0.25, 0.3) is 11.4 Å². The standard InChI is InChI=1S/C19H19N3O5/c1-24-13-8-5-4-7-12(13)18-21-16(27-22-18)11-20-19(23)17-14(25-2)9-6-10-15(17)26-3/h4-10H,11H2,1-3H3,(H,20,23). The second kappa shape index (κ2) is 8.22. The van der Waals surface area contributed by atoms with E-state index in [1.165, 1.54) is 14.2 Å². The minimum absolute atomic E-state index is 0.0577. The molecule has 0 saturated carbocycles. The fourth-order valence-corrected chi connectivity index (χ4v) is 2.58. The lowest BCUT2D eigenvalue weighted by Gasteiger charge is -2.12. The van der Waals surface area contributed by atoms with Crippen LogP contribution >= 0.6 is 0 Å². The highest BCUT2D eigenvalue weighted by Gasteiger charge is 2.19. The SMILES string of the molecule is COc1ccccc1-c1noc(CNC(=O)c2c(OC)cccc2OC)n1. The molecule has 0 spiro atoms. The van der Waals surface area contributed by atoms with E-state index in [0.29, 0.717) is 34.2 Å². The van der Waals surface area contributed by atoms with E-state index in [1.807, 2.05) is 18.2 Å². The molecular weight excluding hydrogens is 350 g/mol. The summed E-state index contributed by atoms with van der Waals surface area (Å²) < 4.78 is 21.0. The van der Waals surface area contributed by atoms with E-state index in [0.717, 1.165) is 0 Å². The fourth-order valence-electron chi connectivity index (χ4n) is 2.58. The lowest BCUT2D eigenvalue weighted by molar-refractivity contribution is 0.0940. The first kappa shape index (κ1) is 18.2. The van der Waals surface area contributed by atoms with E-state index in [4.69, 9.17) is 18.7 Å². The zero-order valence-electron chi connectivity index (χ0n) is 15.2. The van der Waals surface area contributed by atoms with Crippen molar-refractivity contribution < 1.29 is 23.5 Å². The van der Waals surface area contributed by atoms with Gasteiger partial charge in [-0.2, -0.15) is 4.98 Å². The number of methoxy groups -OCH3 is 3. The summed E-state index contributed by atoms with van der Waals surface area (Å²) in [5.74, 6) is 1.72. The Labute approximate surface area is 156 Å². The van der Waals surface area contributed by atoms with Gasteiger partial charge in [-0.3, -0.25) is 4.79 Å². The number of nitrogens with one attached hydrogen (secondary N) is 1. The molecule has 0 unspecified atom stereocenters. The summed E-state index contributed by atoms with van der Waals surface area (Å²) in [7, 11) is 4.55. The molecule has 1 N–H and O–H groups in total. The summed E-state index contributed by atoms with van der Waals surface area (Å²) in [4.78, 5) is 16.9. The molecule has 0 aliphatic rings. The molecule has 3 aromatic rings. The second-order valence-electron chi connectivity index (χ2n) is 5.43. The van der Waals surface area contributed by atoms with Gasteiger partial charge in [0, 0.05) is 0 Å². The summed E-state index contributed by atoms with van der Waals surface area (Å²) in [5.41, 5.74) is 1.000. The normalized spacial score (nSPS) is 10.3. The van der Waals surface area contributed by atoms with Crippen LogP contribution in [0.5, 0.6) is 17.2 Å². The van der Waals surface area contributed by atoms with Crippen molar-refractivity contribution >= 4 is 5.91 Å². The lowest BCUT2D eigenvalue weighted by Crippen LogP contribution is -2.24. The number of amides is 1. The largest absolute Gasteiger partial charge is 0.496 e. The molecule has 0 atom stereocenters. The van der Waals surface area contributed by atoms with Crippen molar-refractivity contribution in [1.29, 1.82) is 0 Å². The van der Waals surface area contributed by atoms with Crippen LogP contribution in [0.3, 0.4) is 0 Å². The van der Waals surface area contributed by atoms with E-state index >= 15 is 0 Å². The van der Waals surface area contributed by atoms with Gasteiger partial charge in [0.15, 0.2) is 0 Å². The number of hydrogen-bond acceptors (Lipinski definition) is 7. The monoisotopic (exact) mass is 369 g/mol. The molecule has 2 aromatic carbocycles. The van der Waals surface area contributed by atoms with Crippen molar-refractivity contribution in [2.45, 2.75) is 6.54 Å². The van der Waals surface area contributed by atoms with Crippen LogP contribution in [0.4, 0.5) is 0 Å². The molecule has 1 aromatic heterocycles. The van der Waals surface area contributed by atoms with E-state index in [2.05, 4.69) is 15.5 Å². The number of aromatic nitrogens is 2. The van der Waals surface area contributed by atoms with Gasteiger partial charge in [-0.25, -0.2) is 0 Å². The van der Waals surface area contributed by atoms with Gasteiger partial charge in [0.1, 0.15) is 22.8 Å². The van der Waals surface area contributed by atoms with E-state index in [1.54, 1.807) is 31.4 Å². The zero-order valence-corrected chi connectivity index (χ0v) is 15.2.